The van der Waals surface area contributed by atoms with Crippen LogP contribution in [-0.2, 0) is 16.1 Å². The average Bonchev–Trinajstić information content (AvgIpc) is 2.97. The molecule has 1 aliphatic rings. The molecule has 1 N–H and O–H groups in total. The zero-order valence-corrected chi connectivity index (χ0v) is 13.7. The van der Waals surface area contributed by atoms with Gasteiger partial charge in [-0.15, -0.1) is 11.3 Å². The number of nitrogens with zero attached hydrogens (tertiary/aromatic N) is 2. The minimum absolute atomic E-state index is 0.0751. The summed E-state index contributed by atoms with van der Waals surface area (Å²) >= 11 is 7.32. The Balaban J connectivity index is 1.96. The van der Waals surface area contributed by atoms with Gasteiger partial charge >= 0.3 is 5.97 Å². The third-order valence-corrected chi connectivity index (χ3v) is 5.24. The summed E-state index contributed by atoms with van der Waals surface area (Å²) in [6, 6.07) is 3.70. The van der Waals surface area contributed by atoms with Gasteiger partial charge in [-0.05, 0) is 38.4 Å². The van der Waals surface area contributed by atoms with Gasteiger partial charge in [0.15, 0.2) is 0 Å². The van der Waals surface area contributed by atoms with Gasteiger partial charge in [0, 0.05) is 11.9 Å². The van der Waals surface area contributed by atoms with Crippen LogP contribution in [0, 0.1) is 0 Å². The smallest absolute Gasteiger partial charge is 0.323 e. The lowest BCUT2D eigenvalue weighted by Crippen LogP contribution is -2.51. The summed E-state index contributed by atoms with van der Waals surface area (Å²) in [5.41, 5.74) is -0.928. The third kappa shape index (κ3) is 3.56. The maximum absolute atomic E-state index is 12.3. The van der Waals surface area contributed by atoms with Crippen molar-refractivity contribution in [3.63, 3.8) is 0 Å². The highest BCUT2D eigenvalue weighted by molar-refractivity contribution is 7.16. The van der Waals surface area contributed by atoms with Crippen LogP contribution in [0.1, 0.15) is 24.6 Å². The van der Waals surface area contributed by atoms with E-state index >= 15 is 0 Å². The Morgan fingerprint density at radius 2 is 2.24 bits per heavy atom. The predicted octanol–water partition coefficient (Wildman–Crippen LogP) is 2.30. The van der Waals surface area contributed by atoms with Crippen LogP contribution in [0.4, 0.5) is 0 Å². The molecule has 2 rings (SSSR count). The van der Waals surface area contributed by atoms with E-state index in [2.05, 4.69) is 0 Å². The summed E-state index contributed by atoms with van der Waals surface area (Å²) in [6.45, 7) is 2.97. The van der Waals surface area contributed by atoms with Crippen molar-refractivity contribution in [2.45, 2.75) is 31.8 Å². The molecule has 1 unspecified atom stereocenters. The second-order valence-electron chi connectivity index (χ2n) is 5.56. The maximum Gasteiger partial charge on any atom is 0.323 e. The van der Waals surface area contributed by atoms with E-state index in [-0.39, 0.29) is 12.5 Å². The summed E-state index contributed by atoms with van der Waals surface area (Å²) in [4.78, 5) is 28.1. The average molecular weight is 331 g/mol. The SMILES string of the molecule is CN(Cc1ccc(Cl)s1)C(=O)CN1CCCC1(C)C(=O)O. The number of carboxylic acids is 1. The van der Waals surface area contributed by atoms with Crippen molar-refractivity contribution in [2.24, 2.45) is 0 Å². The molecule has 1 aromatic rings. The molecule has 0 bridgehead atoms. The van der Waals surface area contributed by atoms with Crippen LogP contribution >= 0.6 is 22.9 Å². The standard InChI is InChI=1S/C14H19ClN2O3S/c1-14(13(19)20)6-3-7-17(14)9-12(18)16(2)8-10-4-5-11(15)21-10/h4-5H,3,6-9H2,1-2H3,(H,19,20). The molecule has 21 heavy (non-hydrogen) atoms. The van der Waals surface area contributed by atoms with Crippen molar-refractivity contribution in [3.05, 3.63) is 21.3 Å². The van der Waals surface area contributed by atoms with Gasteiger partial charge in [0.05, 0.1) is 17.4 Å². The largest absolute Gasteiger partial charge is 0.480 e. The van der Waals surface area contributed by atoms with E-state index in [4.69, 9.17) is 11.6 Å². The van der Waals surface area contributed by atoms with Crippen molar-refractivity contribution in [3.8, 4) is 0 Å². The summed E-state index contributed by atoms with van der Waals surface area (Å²) in [6.07, 6.45) is 1.39. The molecule has 0 aromatic carbocycles. The van der Waals surface area contributed by atoms with E-state index in [0.717, 1.165) is 11.3 Å². The minimum atomic E-state index is -0.928. The topological polar surface area (TPSA) is 60.9 Å². The second-order valence-corrected chi connectivity index (χ2v) is 7.36. The molecule has 1 fully saturated rings. The minimum Gasteiger partial charge on any atom is -0.480 e. The lowest BCUT2D eigenvalue weighted by molar-refractivity contribution is -0.150. The number of aliphatic carboxylic acids is 1. The van der Waals surface area contributed by atoms with Gasteiger partial charge in [-0.1, -0.05) is 11.6 Å². The third-order valence-electron chi connectivity index (χ3n) is 4.02. The van der Waals surface area contributed by atoms with E-state index < -0.39 is 11.5 Å². The van der Waals surface area contributed by atoms with Crippen LogP contribution < -0.4 is 0 Å². The first-order valence-electron chi connectivity index (χ1n) is 6.79. The molecule has 1 amide bonds. The van der Waals surface area contributed by atoms with E-state index in [9.17, 15) is 14.7 Å². The van der Waals surface area contributed by atoms with Crippen LogP contribution in [0.15, 0.2) is 12.1 Å². The number of halogens is 1. The molecule has 0 spiro atoms. The predicted molar refractivity (Wildman–Crippen MR) is 82.7 cm³/mol. The van der Waals surface area contributed by atoms with Crippen molar-refractivity contribution >= 4 is 34.8 Å². The molecule has 1 aliphatic heterocycles. The number of carbonyl (C=O) groups excluding carboxylic acids is 1. The Hall–Kier alpha value is -1.11. The molecular weight excluding hydrogens is 312 g/mol. The van der Waals surface area contributed by atoms with E-state index in [1.807, 2.05) is 12.1 Å². The van der Waals surface area contributed by atoms with Crippen molar-refractivity contribution in [1.82, 2.24) is 9.80 Å². The first kappa shape index (κ1) is 16.3. The number of hydrogen-bond acceptors (Lipinski definition) is 4. The number of thiophene rings is 1. The molecule has 1 atom stereocenters. The number of amides is 1. The quantitative estimate of drug-likeness (QED) is 0.900. The van der Waals surface area contributed by atoms with E-state index in [1.165, 1.54) is 11.3 Å². The van der Waals surface area contributed by atoms with Gasteiger partial charge in [-0.25, -0.2) is 0 Å². The van der Waals surface area contributed by atoms with Crippen LogP contribution in [0.2, 0.25) is 4.34 Å². The van der Waals surface area contributed by atoms with Crippen LogP contribution in [-0.4, -0.2) is 52.5 Å². The van der Waals surface area contributed by atoms with Crippen molar-refractivity contribution < 1.29 is 14.7 Å². The Labute approximate surface area is 133 Å². The highest BCUT2D eigenvalue weighted by Crippen LogP contribution is 2.29. The number of rotatable bonds is 5. The zero-order chi connectivity index (χ0) is 15.6. The summed E-state index contributed by atoms with van der Waals surface area (Å²) < 4.78 is 0.698. The fourth-order valence-corrected chi connectivity index (χ4v) is 3.70. The van der Waals surface area contributed by atoms with Gasteiger partial charge in [0.1, 0.15) is 5.54 Å². The van der Waals surface area contributed by atoms with Crippen molar-refractivity contribution in [2.75, 3.05) is 20.1 Å². The second kappa shape index (κ2) is 6.34. The lowest BCUT2D eigenvalue weighted by atomic mass is 9.99. The molecule has 5 nitrogen and oxygen atoms in total. The molecule has 1 aromatic heterocycles. The molecule has 7 heteroatoms. The molecule has 0 aliphatic carbocycles. The Bertz CT molecular complexity index is 548. The number of likely N-dealkylation sites (N-methyl/N-ethyl adjacent to an activating group) is 1. The van der Waals surface area contributed by atoms with Crippen LogP contribution in [0.25, 0.3) is 0 Å². The fourth-order valence-electron chi connectivity index (χ4n) is 2.56. The van der Waals surface area contributed by atoms with E-state index in [0.29, 0.717) is 23.8 Å². The monoisotopic (exact) mass is 330 g/mol. The maximum atomic E-state index is 12.3. The highest BCUT2D eigenvalue weighted by atomic mass is 35.5. The number of carboxylic acid groups (broad SMARTS) is 1. The first-order valence-corrected chi connectivity index (χ1v) is 7.99. The lowest BCUT2D eigenvalue weighted by Gasteiger charge is -2.31. The van der Waals surface area contributed by atoms with Gasteiger partial charge in [-0.2, -0.15) is 0 Å². The highest BCUT2D eigenvalue weighted by Gasteiger charge is 2.44. The van der Waals surface area contributed by atoms with Gasteiger partial charge in [-0.3, -0.25) is 14.5 Å². The Kier molecular flexibility index (Phi) is 4.91. The first-order chi connectivity index (χ1) is 9.83. The van der Waals surface area contributed by atoms with E-state index in [1.54, 1.807) is 23.8 Å². The summed E-state index contributed by atoms with van der Waals surface area (Å²) in [7, 11) is 1.73. The van der Waals surface area contributed by atoms with Gasteiger partial charge < -0.3 is 10.0 Å². The van der Waals surface area contributed by atoms with Crippen LogP contribution in [0.5, 0.6) is 0 Å². The number of likely N-dealkylation sites (tertiary alicyclic amines) is 1. The van der Waals surface area contributed by atoms with Crippen molar-refractivity contribution in [1.29, 1.82) is 0 Å². The normalized spacial score (nSPS) is 22.4. The fraction of sp³-hybridized carbons (Fsp3) is 0.571. The molecule has 2 heterocycles. The zero-order valence-electron chi connectivity index (χ0n) is 12.1. The summed E-state index contributed by atoms with van der Waals surface area (Å²) in [5.74, 6) is -0.936. The number of carbonyl (C=O) groups is 2. The summed E-state index contributed by atoms with van der Waals surface area (Å²) in [5, 5.41) is 9.35. The molecule has 0 radical (unpaired) electrons. The van der Waals surface area contributed by atoms with Gasteiger partial charge in [0.25, 0.3) is 0 Å². The number of hydrogen-bond donors (Lipinski definition) is 1. The Morgan fingerprint density at radius 1 is 1.52 bits per heavy atom. The van der Waals surface area contributed by atoms with Gasteiger partial charge in [0.2, 0.25) is 5.91 Å². The molecular formula is C14H19ClN2O3S. The Morgan fingerprint density at radius 3 is 2.81 bits per heavy atom. The molecule has 0 saturated carbocycles. The van der Waals surface area contributed by atoms with Crippen LogP contribution in [0.3, 0.4) is 0 Å². The molecule has 1 saturated heterocycles. The molecule has 116 valence electrons.